The number of rotatable bonds is 8. The summed E-state index contributed by atoms with van der Waals surface area (Å²) in [5.41, 5.74) is 5.03. The maximum Gasteiger partial charge on any atom is 0.261 e. The molecule has 0 aliphatic rings. The number of hydrogen-bond acceptors (Lipinski definition) is 4. The van der Waals surface area contributed by atoms with Gasteiger partial charge in [-0.2, -0.15) is 0 Å². The molecule has 0 aliphatic heterocycles. The number of carbonyl (C=O) groups is 1. The number of nitrogens with one attached hydrogen (secondary N) is 2. The first-order valence-electron chi connectivity index (χ1n) is 10.4. The summed E-state index contributed by atoms with van der Waals surface area (Å²) < 4.78 is 27.9. The van der Waals surface area contributed by atoms with E-state index in [2.05, 4.69) is 21.0 Å². The van der Waals surface area contributed by atoms with Crippen LogP contribution in [0.4, 0.5) is 5.69 Å². The van der Waals surface area contributed by atoms with Gasteiger partial charge in [0.1, 0.15) is 0 Å². The normalized spacial score (nSPS) is 11.4. The first-order valence-corrected chi connectivity index (χ1v) is 11.8. The number of amides is 1. The second kappa shape index (κ2) is 9.97. The van der Waals surface area contributed by atoms with Crippen molar-refractivity contribution in [3.63, 3.8) is 0 Å². The Morgan fingerprint density at radius 1 is 0.875 bits per heavy atom. The van der Waals surface area contributed by atoms with Crippen molar-refractivity contribution in [1.82, 2.24) is 10.2 Å². The topological polar surface area (TPSA) is 78.5 Å². The number of aryl methyl sites for hydroxylation is 2. The lowest BCUT2D eigenvalue weighted by atomic mass is 10.1. The van der Waals surface area contributed by atoms with E-state index in [1.807, 2.05) is 46.1 Å². The lowest BCUT2D eigenvalue weighted by Gasteiger charge is -2.15. The van der Waals surface area contributed by atoms with Crippen molar-refractivity contribution in [2.75, 3.05) is 18.8 Å². The van der Waals surface area contributed by atoms with Gasteiger partial charge < -0.3 is 10.2 Å². The van der Waals surface area contributed by atoms with Crippen molar-refractivity contribution in [1.29, 1.82) is 0 Å². The van der Waals surface area contributed by atoms with Crippen molar-refractivity contribution in [2.45, 2.75) is 31.8 Å². The molecule has 0 aliphatic carbocycles. The van der Waals surface area contributed by atoms with Gasteiger partial charge in [-0.3, -0.25) is 9.52 Å². The molecule has 3 aromatic rings. The molecular formula is C25H29N3O3S. The molecule has 0 bridgehead atoms. The summed E-state index contributed by atoms with van der Waals surface area (Å²) in [6, 6.07) is 19.4. The molecule has 32 heavy (non-hydrogen) atoms. The average molecular weight is 452 g/mol. The number of hydrogen-bond donors (Lipinski definition) is 2. The van der Waals surface area contributed by atoms with E-state index >= 15 is 0 Å². The SMILES string of the molecule is Cc1ccc(S(=O)(=O)Nc2ccc(C(=O)NCc3ccccc3CN(C)C)cc2)cc1C. The molecule has 7 heteroatoms. The van der Waals surface area contributed by atoms with Gasteiger partial charge in [0, 0.05) is 24.3 Å². The molecule has 0 spiro atoms. The highest BCUT2D eigenvalue weighted by molar-refractivity contribution is 7.92. The van der Waals surface area contributed by atoms with Gasteiger partial charge in [-0.1, -0.05) is 30.3 Å². The van der Waals surface area contributed by atoms with Crippen molar-refractivity contribution in [2.24, 2.45) is 0 Å². The minimum Gasteiger partial charge on any atom is -0.348 e. The van der Waals surface area contributed by atoms with Gasteiger partial charge in [0.15, 0.2) is 0 Å². The second-order valence-electron chi connectivity index (χ2n) is 8.12. The zero-order valence-corrected chi connectivity index (χ0v) is 19.7. The Labute approximate surface area is 190 Å². The van der Waals surface area contributed by atoms with Gasteiger partial charge in [-0.25, -0.2) is 8.42 Å². The Balaban J connectivity index is 1.65. The fourth-order valence-electron chi connectivity index (χ4n) is 3.29. The lowest BCUT2D eigenvalue weighted by Crippen LogP contribution is -2.24. The molecule has 0 heterocycles. The highest BCUT2D eigenvalue weighted by Crippen LogP contribution is 2.19. The predicted octanol–water partition coefficient (Wildman–Crippen LogP) is 4.10. The van der Waals surface area contributed by atoms with Crippen molar-refractivity contribution in [3.8, 4) is 0 Å². The minimum absolute atomic E-state index is 0.207. The number of nitrogens with zero attached hydrogens (tertiary/aromatic N) is 1. The van der Waals surface area contributed by atoms with E-state index in [0.29, 0.717) is 17.8 Å². The molecule has 0 saturated heterocycles. The molecule has 1 amide bonds. The van der Waals surface area contributed by atoms with E-state index in [1.165, 1.54) is 0 Å². The molecular weight excluding hydrogens is 422 g/mol. The Bertz CT molecular complexity index is 1200. The average Bonchev–Trinajstić information content (AvgIpc) is 2.74. The Morgan fingerprint density at radius 3 is 2.16 bits per heavy atom. The van der Waals surface area contributed by atoms with Crippen LogP contribution in [0.15, 0.2) is 71.6 Å². The second-order valence-corrected chi connectivity index (χ2v) is 9.80. The molecule has 0 aromatic heterocycles. The molecule has 3 rings (SSSR count). The summed E-state index contributed by atoms with van der Waals surface area (Å²) in [5.74, 6) is -0.215. The molecule has 0 radical (unpaired) electrons. The number of carbonyl (C=O) groups excluding carboxylic acids is 1. The standard InChI is InChI=1S/C25H29N3O3S/c1-18-9-14-24(15-19(18)2)32(30,31)27-23-12-10-20(11-13-23)25(29)26-16-21-7-5-6-8-22(21)17-28(3)4/h5-15,27H,16-17H2,1-4H3,(H,26,29). The Morgan fingerprint density at radius 2 is 1.53 bits per heavy atom. The third kappa shape index (κ3) is 5.96. The van der Waals surface area contributed by atoms with Gasteiger partial charge in [0.25, 0.3) is 15.9 Å². The minimum atomic E-state index is -3.70. The van der Waals surface area contributed by atoms with Crippen molar-refractivity contribution >= 4 is 21.6 Å². The van der Waals surface area contributed by atoms with Gasteiger partial charge in [-0.05, 0) is 86.6 Å². The van der Waals surface area contributed by atoms with Crippen LogP contribution in [0.5, 0.6) is 0 Å². The Kier molecular flexibility index (Phi) is 7.33. The molecule has 2 N–H and O–H groups in total. The largest absolute Gasteiger partial charge is 0.348 e. The quantitative estimate of drug-likeness (QED) is 0.541. The number of sulfonamides is 1. The molecule has 0 saturated carbocycles. The number of anilines is 1. The van der Waals surface area contributed by atoms with Crippen molar-refractivity contribution in [3.05, 3.63) is 94.5 Å². The van der Waals surface area contributed by atoms with Crippen LogP contribution in [0.2, 0.25) is 0 Å². The first-order chi connectivity index (χ1) is 15.2. The van der Waals surface area contributed by atoms with Crippen LogP contribution in [0, 0.1) is 13.8 Å². The van der Waals surface area contributed by atoms with Crippen LogP contribution in [-0.2, 0) is 23.1 Å². The van der Waals surface area contributed by atoms with Crippen LogP contribution in [0.1, 0.15) is 32.6 Å². The van der Waals surface area contributed by atoms with Crippen LogP contribution < -0.4 is 10.0 Å². The fraction of sp³-hybridized carbons (Fsp3) is 0.240. The van der Waals surface area contributed by atoms with Gasteiger partial charge in [0.05, 0.1) is 4.90 Å². The maximum atomic E-state index is 12.7. The van der Waals surface area contributed by atoms with Crippen LogP contribution in [0.25, 0.3) is 0 Å². The Hall–Kier alpha value is -3.16. The zero-order valence-electron chi connectivity index (χ0n) is 18.8. The number of benzene rings is 3. The monoisotopic (exact) mass is 451 g/mol. The molecule has 3 aromatic carbocycles. The van der Waals surface area contributed by atoms with E-state index in [4.69, 9.17) is 0 Å². The maximum absolute atomic E-state index is 12.7. The third-order valence-electron chi connectivity index (χ3n) is 5.23. The zero-order chi connectivity index (χ0) is 23.3. The summed E-state index contributed by atoms with van der Waals surface area (Å²) in [4.78, 5) is 14.9. The van der Waals surface area contributed by atoms with Gasteiger partial charge >= 0.3 is 0 Å². The van der Waals surface area contributed by atoms with Crippen LogP contribution >= 0.6 is 0 Å². The smallest absolute Gasteiger partial charge is 0.261 e. The van der Waals surface area contributed by atoms with E-state index in [1.54, 1.807) is 42.5 Å². The molecule has 0 unspecified atom stereocenters. The molecule has 0 fully saturated rings. The fourth-order valence-corrected chi connectivity index (χ4v) is 4.43. The summed E-state index contributed by atoms with van der Waals surface area (Å²) in [6.07, 6.45) is 0. The summed E-state index contributed by atoms with van der Waals surface area (Å²) in [7, 11) is 0.309. The van der Waals surface area contributed by atoms with E-state index in [-0.39, 0.29) is 10.8 Å². The van der Waals surface area contributed by atoms with E-state index in [9.17, 15) is 13.2 Å². The molecule has 0 atom stereocenters. The third-order valence-corrected chi connectivity index (χ3v) is 6.61. The summed E-state index contributed by atoms with van der Waals surface area (Å²) >= 11 is 0. The molecule has 168 valence electrons. The van der Waals surface area contributed by atoms with Gasteiger partial charge in [-0.15, -0.1) is 0 Å². The highest BCUT2D eigenvalue weighted by atomic mass is 32.2. The highest BCUT2D eigenvalue weighted by Gasteiger charge is 2.15. The van der Waals surface area contributed by atoms with Crippen LogP contribution in [-0.4, -0.2) is 33.3 Å². The van der Waals surface area contributed by atoms with Crippen molar-refractivity contribution < 1.29 is 13.2 Å². The summed E-state index contributed by atoms with van der Waals surface area (Å²) in [6.45, 7) is 5.02. The van der Waals surface area contributed by atoms with E-state index in [0.717, 1.165) is 28.8 Å². The van der Waals surface area contributed by atoms with E-state index < -0.39 is 10.0 Å². The molecule has 6 nitrogen and oxygen atoms in total. The van der Waals surface area contributed by atoms with Crippen LogP contribution in [0.3, 0.4) is 0 Å². The summed E-state index contributed by atoms with van der Waals surface area (Å²) in [5, 5.41) is 2.94. The first kappa shape index (κ1) is 23.5. The predicted molar refractivity (Wildman–Crippen MR) is 128 cm³/mol. The lowest BCUT2D eigenvalue weighted by molar-refractivity contribution is 0.0951. The van der Waals surface area contributed by atoms with Gasteiger partial charge in [0.2, 0.25) is 0 Å².